The van der Waals surface area contributed by atoms with Gasteiger partial charge in [-0.2, -0.15) is 0 Å². The van der Waals surface area contributed by atoms with E-state index in [4.69, 9.17) is 11.6 Å². The van der Waals surface area contributed by atoms with E-state index in [1.54, 1.807) is 0 Å². The minimum Gasteiger partial charge on any atom is -0.345 e. The maximum absolute atomic E-state index is 12.7. The van der Waals surface area contributed by atoms with Gasteiger partial charge in [-0.25, -0.2) is 8.42 Å². The number of rotatable bonds is 6. The average Bonchev–Trinajstić information content (AvgIpc) is 2.53. The highest BCUT2D eigenvalue weighted by Gasteiger charge is 2.18. The van der Waals surface area contributed by atoms with Crippen molar-refractivity contribution in [3.63, 3.8) is 0 Å². The molecule has 2 rings (SSSR count). The first kappa shape index (κ1) is 20.3. The van der Waals surface area contributed by atoms with Gasteiger partial charge in [-0.15, -0.1) is 0 Å². The summed E-state index contributed by atoms with van der Waals surface area (Å²) < 4.78 is 25.1. The number of hydrogen-bond acceptors (Lipinski definition) is 3. The molecule has 2 N–H and O–H groups in total. The van der Waals surface area contributed by atoms with E-state index in [-0.39, 0.29) is 22.5 Å². The van der Waals surface area contributed by atoms with Crippen molar-refractivity contribution in [2.24, 2.45) is 0 Å². The minimum absolute atomic E-state index is 0.161. The first-order chi connectivity index (χ1) is 12.1. The molecule has 2 aromatic carbocycles. The molecule has 0 heterocycles. The van der Waals surface area contributed by atoms with Crippen molar-refractivity contribution in [2.45, 2.75) is 33.2 Å². The summed E-state index contributed by atoms with van der Waals surface area (Å²) in [6.45, 7) is 6.03. The zero-order valence-electron chi connectivity index (χ0n) is 15.3. The van der Waals surface area contributed by atoms with E-state index in [1.807, 2.05) is 32.9 Å². The fourth-order valence-corrected chi connectivity index (χ4v) is 3.59. The van der Waals surface area contributed by atoms with Crippen molar-refractivity contribution in [2.75, 3.05) is 11.0 Å². The highest BCUT2D eigenvalue weighted by atomic mass is 35.5. The summed E-state index contributed by atoms with van der Waals surface area (Å²) in [5.74, 6) is -0.348. The van der Waals surface area contributed by atoms with E-state index < -0.39 is 10.0 Å². The van der Waals surface area contributed by atoms with Crippen LogP contribution in [-0.4, -0.2) is 20.6 Å². The molecule has 0 aliphatic rings. The number of hydrogen-bond donors (Lipinski definition) is 2. The molecule has 0 bridgehead atoms. The lowest BCUT2D eigenvalue weighted by Crippen LogP contribution is -2.29. The first-order valence-electron chi connectivity index (χ1n) is 8.26. The van der Waals surface area contributed by atoms with Crippen LogP contribution in [0.5, 0.6) is 0 Å². The summed E-state index contributed by atoms with van der Waals surface area (Å²) in [4.78, 5) is 12.7. The SMILES string of the molecule is CC[C@@H](NC(=O)c1cc(NS(C)(=O)=O)ccc1Cl)c1ccc(C)cc1C. The van der Waals surface area contributed by atoms with Gasteiger partial charge in [0.2, 0.25) is 10.0 Å². The van der Waals surface area contributed by atoms with Gasteiger partial charge in [0.25, 0.3) is 5.91 Å². The van der Waals surface area contributed by atoms with Gasteiger partial charge in [0.1, 0.15) is 0 Å². The fourth-order valence-electron chi connectivity index (χ4n) is 2.83. The van der Waals surface area contributed by atoms with Gasteiger partial charge in [-0.1, -0.05) is 42.3 Å². The molecule has 5 nitrogen and oxygen atoms in total. The molecule has 0 aliphatic heterocycles. The summed E-state index contributed by atoms with van der Waals surface area (Å²) >= 11 is 6.15. The maximum atomic E-state index is 12.7. The number of carbonyl (C=O) groups is 1. The van der Waals surface area contributed by atoms with Gasteiger partial charge >= 0.3 is 0 Å². The number of benzene rings is 2. The Hall–Kier alpha value is -2.05. The predicted octanol–water partition coefficient (Wildman–Crippen LogP) is 4.21. The summed E-state index contributed by atoms with van der Waals surface area (Å²) in [6, 6.07) is 10.4. The molecule has 0 fully saturated rings. The third-order valence-corrected chi connectivity index (χ3v) is 4.96. The third-order valence-electron chi connectivity index (χ3n) is 4.03. The second-order valence-corrected chi connectivity index (χ2v) is 8.52. The number of nitrogens with one attached hydrogen (secondary N) is 2. The average molecular weight is 395 g/mol. The van der Waals surface area contributed by atoms with Crippen LogP contribution in [0, 0.1) is 13.8 Å². The maximum Gasteiger partial charge on any atom is 0.253 e. The van der Waals surface area contributed by atoms with Crippen LogP contribution in [0.1, 0.15) is 46.4 Å². The van der Waals surface area contributed by atoms with Gasteiger partial charge in [0.15, 0.2) is 0 Å². The van der Waals surface area contributed by atoms with Gasteiger partial charge in [0, 0.05) is 5.69 Å². The Labute approximate surface area is 159 Å². The second kappa shape index (κ2) is 8.10. The van der Waals surface area contributed by atoms with E-state index in [0.717, 1.165) is 22.9 Å². The molecular weight excluding hydrogens is 372 g/mol. The Balaban J connectivity index is 2.28. The van der Waals surface area contributed by atoms with Crippen LogP contribution in [0.2, 0.25) is 5.02 Å². The van der Waals surface area contributed by atoms with Crippen molar-refractivity contribution in [3.05, 3.63) is 63.7 Å². The standard InChI is InChI=1S/C19H23ClN2O3S/c1-5-18(15-8-6-12(2)10-13(15)3)21-19(23)16-11-14(7-9-17(16)20)22-26(4,24)25/h6-11,18,22H,5H2,1-4H3,(H,21,23)/t18-/m1/s1. The highest BCUT2D eigenvalue weighted by Crippen LogP contribution is 2.25. The van der Waals surface area contributed by atoms with E-state index >= 15 is 0 Å². The van der Waals surface area contributed by atoms with Crippen molar-refractivity contribution < 1.29 is 13.2 Å². The van der Waals surface area contributed by atoms with Crippen molar-refractivity contribution in [1.82, 2.24) is 5.32 Å². The summed E-state index contributed by atoms with van der Waals surface area (Å²) in [5.41, 5.74) is 3.84. The highest BCUT2D eigenvalue weighted by molar-refractivity contribution is 7.92. The van der Waals surface area contributed by atoms with Crippen LogP contribution in [0.4, 0.5) is 5.69 Å². The molecule has 26 heavy (non-hydrogen) atoms. The van der Waals surface area contributed by atoms with Crippen LogP contribution in [-0.2, 0) is 10.0 Å². The van der Waals surface area contributed by atoms with E-state index in [1.165, 1.54) is 18.2 Å². The lowest BCUT2D eigenvalue weighted by molar-refractivity contribution is 0.0935. The Bertz CT molecular complexity index is 926. The topological polar surface area (TPSA) is 75.3 Å². The molecule has 0 unspecified atom stereocenters. The molecule has 140 valence electrons. The van der Waals surface area contributed by atoms with Gasteiger partial charge in [0.05, 0.1) is 22.9 Å². The summed E-state index contributed by atoms with van der Waals surface area (Å²) in [7, 11) is -3.44. The normalized spacial score (nSPS) is 12.5. The fraction of sp³-hybridized carbons (Fsp3) is 0.316. The van der Waals surface area contributed by atoms with Gasteiger partial charge in [-0.05, 0) is 49.6 Å². The molecule has 0 aromatic heterocycles. The van der Waals surface area contributed by atoms with Gasteiger partial charge < -0.3 is 5.32 Å². The number of anilines is 1. The molecule has 1 atom stereocenters. The molecule has 7 heteroatoms. The van der Waals surface area contributed by atoms with Crippen LogP contribution in [0.15, 0.2) is 36.4 Å². The summed E-state index contributed by atoms with van der Waals surface area (Å²) in [5, 5.41) is 3.25. The predicted molar refractivity (Wildman–Crippen MR) is 106 cm³/mol. The first-order valence-corrected chi connectivity index (χ1v) is 10.5. The van der Waals surface area contributed by atoms with Crippen molar-refractivity contribution >= 4 is 33.2 Å². The van der Waals surface area contributed by atoms with Crippen LogP contribution < -0.4 is 10.0 Å². The van der Waals surface area contributed by atoms with Crippen molar-refractivity contribution in [3.8, 4) is 0 Å². The van der Waals surface area contributed by atoms with Crippen LogP contribution >= 0.6 is 11.6 Å². The number of carbonyl (C=O) groups excluding carboxylic acids is 1. The minimum atomic E-state index is -3.44. The van der Waals surface area contributed by atoms with E-state index in [0.29, 0.717) is 12.1 Å². The van der Waals surface area contributed by atoms with Crippen LogP contribution in [0.3, 0.4) is 0 Å². The third kappa shape index (κ3) is 5.22. The lowest BCUT2D eigenvalue weighted by Gasteiger charge is -2.20. The lowest BCUT2D eigenvalue weighted by atomic mass is 9.97. The zero-order chi connectivity index (χ0) is 19.5. The number of amides is 1. The molecule has 0 spiro atoms. The van der Waals surface area contributed by atoms with Gasteiger partial charge in [-0.3, -0.25) is 9.52 Å². The summed E-state index contributed by atoms with van der Waals surface area (Å²) in [6.07, 6.45) is 1.77. The molecule has 0 radical (unpaired) electrons. The largest absolute Gasteiger partial charge is 0.345 e. The van der Waals surface area contributed by atoms with Crippen molar-refractivity contribution in [1.29, 1.82) is 0 Å². The number of sulfonamides is 1. The molecule has 0 aliphatic carbocycles. The number of aryl methyl sites for hydroxylation is 2. The quantitative estimate of drug-likeness (QED) is 0.770. The molecule has 1 amide bonds. The Morgan fingerprint density at radius 1 is 1.15 bits per heavy atom. The number of halogens is 1. The zero-order valence-corrected chi connectivity index (χ0v) is 16.8. The van der Waals surface area contributed by atoms with E-state index in [2.05, 4.69) is 16.1 Å². The Kier molecular flexibility index (Phi) is 6.31. The molecule has 0 saturated carbocycles. The Morgan fingerprint density at radius 2 is 1.85 bits per heavy atom. The molecule has 0 saturated heterocycles. The Morgan fingerprint density at radius 3 is 2.42 bits per heavy atom. The second-order valence-electron chi connectivity index (χ2n) is 6.36. The van der Waals surface area contributed by atoms with E-state index in [9.17, 15) is 13.2 Å². The molecular formula is C19H23ClN2O3S. The molecule has 2 aromatic rings. The smallest absolute Gasteiger partial charge is 0.253 e. The van der Waals surface area contributed by atoms with Crippen LogP contribution in [0.25, 0.3) is 0 Å². The monoisotopic (exact) mass is 394 g/mol.